The Morgan fingerprint density at radius 1 is 1.30 bits per heavy atom. The van der Waals surface area contributed by atoms with E-state index in [4.69, 9.17) is 4.74 Å². The third kappa shape index (κ3) is 6.06. The summed E-state index contributed by atoms with van der Waals surface area (Å²) in [6.07, 6.45) is 0.826. The number of anilines is 1. The zero-order chi connectivity index (χ0) is 15.0. The van der Waals surface area contributed by atoms with Gasteiger partial charge in [0, 0.05) is 25.4 Å². The number of nitrogens with one attached hydrogen (secondary N) is 2. The van der Waals surface area contributed by atoms with E-state index >= 15 is 0 Å². The molecule has 0 atom stereocenters. The zero-order valence-electron chi connectivity index (χ0n) is 13.0. The molecule has 4 heteroatoms. The molecule has 112 valence electrons. The lowest BCUT2D eigenvalue weighted by molar-refractivity contribution is 0.108. The molecule has 0 saturated carbocycles. The highest BCUT2D eigenvalue weighted by Gasteiger charge is 2.04. The van der Waals surface area contributed by atoms with Crippen LogP contribution in [0.4, 0.5) is 10.5 Å². The number of hydrogen-bond donors (Lipinski definition) is 2. The molecule has 0 aliphatic rings. The summed E-state index contributed by atoms with van der Waals surface area (Å²) in [5, 5.41) is 5.71. The monoisotopic (exact) mass is 278 g/mol. The Kier molecular flexibility index (Phi) is 7.09. The van der Waals surface area contributed by atoms with Gasteiger partial charge in [-0.25, -0.2) is 4.79 Å². The van der Waals surface area contributed by atoms with Crippen molar-refractivity contribution in [3.63, 3.8) is 0 Å². The van der Waals surface area contributed by atoms with E-state index in [0.29, 0.717) is 19.1 Å². The number of benzene rings is 1. The Hall–Kier alpha value is -1.55. The smallest absolute Gasteiger partial charge is 0.319 e. The minimum absolute atomic E-state index is 0.164. The molecule has 0 aliphatic carbocycles. The molecule has 1 rings (SSSR count). The van der Waals surface area contributed by atoms with Crippen LogP contribution in [0, 0.1) is 19.8 Å². The highest BCUT2D eigenvalue weighted by Crippen LogP contribution is 2.17. The average Bonchev–Trinajstić information content (AvgIpc) is 2.39. The molecule has 0 saturated heterocycles. The third-order valence-corrected chi connectivity index (χ3v) is 3.06. The molecule has 0 aromatic heterocycles. The normalized spacial score (nSPS) is 10.7. The van der Waals surface area contributed by atoms with E-state index in [9.17, 15) is 4.79 Å². The Morgan fingerprint density at radius 3 is 2.75 bits per heavy atom. The van der Waals surface area contributed by atoms with Crippen molar-refractivity contribution < 1.29 is 9.53 Å². The van der Waals surface area contributed by atoms with Crippen LogP contribution < -0.4 is 10.6 Å². The molecule has 4 nitrogen and oxygen atoms in total. The van der Waals surface area contributed by atoms with Gasteiger partial charge in [0.15, 0.2) is 0 Å². The maximum absolute atomic E-state index is 11.8. The second-order valence-corrected chi connectivity index (χ2v) is 5.45. The first kappa shape index (κ1) is 16.5. The van der Waals surface area contributed by atoms with Gasteiger partial charge in [0.05, 0.1) is 0 Å². The van der Waals surface area contributed by atoms with Crippen molar-refractivity contribution >= 4 is 11.7 Å². The van der Waals surface area contributed by atoms with Crippen LogP contribution in [0.1, 0.15) is 31.4 Å². The van der Waals surface area contributed by atoms with Crippen LogP contribution in [0.15, 0.2) is 18.2 Å². The molecule has 0 unspecified atom stereocenters. The molecule has 1 aromatic rings. The minimum Gasteiger partial charge on any atom is -0.381 e. The standard InChI is InChI=1S/C16H26N2O2/c1-12(2)11-20-10-6-9-17-16(19)18-15-8-5-7-13(3)14(15)4/h5,7-8,12H,6,9-11H2,1-4H3,(H2,17,18,19). The highest BCUT2D eigenvalue weighted by atomic mass is 16.5. The van der Waals surface area contributed by atoms with Gasteiger partial charge in [0.2, 0.25) is 0 Å². The van der Waals surface area contributed by atoms with E-state index in [0.717, 1.165) is 24.3 Å². The molecule has 1 aromatic carbocycles. The third-order valence-electron chi connectivity index (χ3n) is 3.06. The van der Waals surface area contributed by atoms with Crippen molar-refractivity contribution in [2.24, 2.45) is 5.92 Å². The van der Waals surface area contributed by atoms with Crippen LogP contribution >= 0.6 is 0 Å². The van der Waals surface area contributed by atoms with Crippen LogP contribution in [-0.4, -0.2) is 25.8 Å². The molecule has 0 spiro atoms. The average molecular weight is 278 g/mol. The fourth-order valence-corrected chi connectivity index (χ4v) is 1.75. The van der Waals surface area contributed by atoms with Gasteiger partial charge >= 0.3 is 6.03 Å². The molecule has 0 fully saturated rings. The number of ether oxygens (including phenoxy) is 1. The quantitative estimate of drug-likeness (QED) is 0.750. The number of aryl methyl sites for hydroxylation is 1. The Labute approximate surface area is 121 Å². The van der Waals surface area contributed by atoms with Gasteiger partial charge in [-0.05, 0) is 43.4 Å². The van der Waals surface area contributed by atoms with Crippen molar-refractivity contribution in [3.8, 4) is 0 Å². The van der Waals surface area contributed by atoms with Gasteiger partial charge in [-0.1, -0.05) is 26.0 Å². The topological polar surface area (TPSA) is 50.4 Å². The maximum atomic E-state index is 11.8. The van der Waals surface area contributed by atoms with Crippen LogP contribution in [0.3, 0.4) is 0 Å². The van der Waals surface area contributed by atoms with E-state index in [-0.39, 0.29) is 6.03 Å². The lowest BCUT2D eigenvalue weighted by atomic mass is 10.1. The van der Waals surface area contributed by atoms with E-state index in [1.165, 1.54) is 5.56 Å². The summed E-state index contributed by atoms with van der Waals surface area (Å²) < 4.78 is 5.46. The van der Waals surface area contributed by atoms with E-state index in [1.807, 2.05) is 32.0 Å². The maximum Gasteiger partial charge on any atom is 0.319 e. The SMILES string of the molecule is Cc1cccc(NC(=O)NCCCOCC(C)C)c1C. The van der Waals surface area contributed by atoms with Crippen LogP contribution in [0.25, 0.3) is 0 Å². The molecule has 2 amide bonds. The lowest BCUT2D eigenvalue weighted by Crippen LogP contribution is -2.30. The number of urea groups is 1. The fraction of sp³-hybridized carbons (Fsp3) is 0.562. The van der Waals surface area contributed by atoms with E-state index in [2.05, 4.69) is 24.5 Å². The number of amides is 2. The molecule has 0 radical (unpaired) electrons. The molecule has 0 heterocycles. The zero-order valence-corrected chi connectivity index (χ0v) is 13.0. The number of carbonyl (C=O) groups is 1. The van der Waals surface area contributed by atoms with Crippen molar-refractivity contribution in [1.29, 1.82) is 0 Å². The molecule has 0 bridgehead atoms. The first-order chi connectivity index (χ1) is 9.50. The van der Waals surface area contributed by atoms with Crippen molar-refractivity contribution in [2.45, 2.75) is 34.1 Å². The number of carbonyl (C=O) groups excluding carboxylic acids is 1. The fourth-order valence-electron chi connectivity index (χ4n) is 1.75. The van der Waals surface area contributed by atoms with Crippen LogP contribution in [0.5, 0.6) is 0 Å². The van der Waals surface area contributed by atoms with Crippen molar-refractivity contribution in [3.05, 3.63) is 29.3 Å². The summed E-state index contributed by atoms with van der Waals surface area (Å²) in [7, 11) is 0. The van der Waals surface area contributed by atoms with E-state index in [1.54, 1.807) is 0 Å². The Balaban J connectivity index is 2.22. The summed E-state index contributed by atoms with van der Waals surface area (Å²) in [4.78, 5) is 11.8. The van der Waals surface area contributed by atoms with Gasteiger partial charge in [-0.2, -0.15) is 0 Å². The largest absolute Gasteiger partial charge is 0.381 e. The highest BCUT2D eigenvalue weighted by molar-refractivity contribution is 5.90. The van der Waals surface area contributed by atoms with Crippen molar-refractivity contribution in [1.82, 2.24) is 5.32 Å². The summed E-state index contributed by atoms with van der Waals surface area (Å²) in [5.41, 5.74) is 3.13. The Bertz CT molecular complexity index is 430. The summed E-state index contributed by atoms with van der Waals surface area (Å²) in [6, 6.07) is 5.72. The summed E-state index contributed by atoms with van der Waals surface area (Å²) >= 11 is 0. The predicted molar refractivity (Wildman–Crippen MR) is 83.2 cm³/mol. The molecule has 20 heavy (non-hydrogen) atoms. The molecule has 2 N–H and O–H groups in total. The predicted octanol–water partition coefficient (Wildman–Crippen LogP) is 3.49. The first-order valence-electron chi connectivity index (χ1n) is 7.19. The number of rotatable bonds is 7. The minimum atomic E-state index is -0.164. The Morgan fingerprint density at radius 2 is 2.05 bits per heavy atom. The summed E-state index contributed by atoms with van der Waals surface area (Å²) in [6.45, 7) is 10.4. The van der Waals surface area contributed by atoms with E-state index < -0.39 is 0 Å². The molecule has 0 aliphatic heterocycles. The van der Waals surface area contributed by atoms with Gasteiger partial charge in [-0.3, -0.25) is 0 Å². The van der Waals surface area contributed by atoms with Crippen molar-refractivity contribution in [2.75, 3.05) is 25.1 Å². The number of hydrogen-bond acceptors (Lipinski definition) is 2. The molecular weight excluding hydrogens is 252 g/mol. The second-order valence-electron chi connectivity index (χ2n) is 5.45. The second kappa shape index (κ2) is 8.59. The van der Waals surface area contributed by atoms with Crippen LogP contribution in [0.2, 0.25) is 0 Å². The first-order valence-corrected chi connectivity index (χ1v) is 7.19. The van der Waals surface area contributed by atoms with Gasteiger partial charge < -0.3 is 15.4 Å². The summed E-state index contributed by atoms with van der Waals surface area (Å²) in [5.74, 6) is 0.551. The molecular formula is C16H26N2O2. The lowest BCUT2D eigenvalue weighted by Gasteiger charge is -2.11. The van der Waals surface area contributed by atoms with Gasteiger partial charge in [-0.15, -0.1) is 0 Å². The van der Waals surface area contributed by atoms with Gasteiger partial charge in [0.1, 0.15) is 0 Å². The van der Waals surface area contributed by atoms with Gasteiger partial charge in [0.25, 0.3) is 0 Å². The van der Waals surface area contributed by atoms with Crippen LogP contribution in [-0.2, 0) is 4.74 Å².